The van der Waals surface area contributed by atoms with Crippen molar-refractivity contribution in [1.82, 2.24) is 9.55 Å². The Morgan fingerprint density at radius 1 is 1.21 bits per heavy atom. The minimum atomic E-state index is 0.495. The van der Waals surface area contributed by atoms with Crippen LogP contribution in [0.25, 0.3) is 11.0 Å². The van der Waals surface area contributed by atoms with E-state index in [9.17, 15) is 0 Å². The first kappa shape index (κ1) is 13.0. The molecule has 0 aliphatic heterocycles. The Balaban J connectivity index is 2.03. The Hall–Kier alpha value is -1.02. The third-order valence-electron chi connectivity index (χ3n) is 4.72. The van der Waals surface area contributed by atoms with Crippen LogP contribution in [0.2, 0.25) is 0 Å². The number of para-hydroxylation sites is 2. The first-order chi connectivity index (χ1) is 9.20. The quantitative estimate of drug-likeness (QED) is 0.722. The van der Waals surface area contributed by atoms with Gasteiger partial charge in [0.05, 0.1) is 16.9 Å². The average Bonchev–Trinajstić information content (AvgIpc) is 2.80. The van der Waals surface area contributed by atoms with Gasteiger partial charge in [-0.2, -0.15) is 0 Å². The molecule has 0 saturated heterocycles. The molecule has 1 fully saturated rings. The summed E-state index contributed by atoms with van der Waals surface area (Å²) in [4.78, 5) is 4.68. The van der Waals surface area contributed by atoms with Crippen LogP contribution >= 0.6 is 11.6 Å². The number of rotatable bonds is 2. The highest BCUT2D eigenvalue weighted by atomic mass is 35.5. The van der Waals surface area contributed by atoms with Gasteiger partial charge in [-0.15, -0.1) is 11.6 Å². The van der Waals surface area contributed by atoms with Crippen LogP contribution < -0.4 is 0 Å². The van der Waals surface area contributed by atoms with Crippen molar-refractivity contribution < 1.29 is 0 Å². The standard InChI is InChI=1S/C16H21ClN2/c1-11-7-8-13(9-12(11)2)19-15-6-4-3-5-14(15)18-16(19)10-17/h3-6,11-13H,7-10H2,1-2H3. The van der Waals surface area contributed by atoms with Crippen LogP contribution in [-0.4, -0.2) is 9.55 Å². The lowest BCUT2D eigenvalue weighted by Gasteiger charge is -2.33. The van der Waals surface area contributed by atoms with Crippen LogP contribution in [0.15, 0.2) is 24.3 Å². The molecule has 102 valence electrons. The molecule has 0 N–H and O–H groups in total. The fourth-order valence-corrected chi connectivity index (χ4v) is 3.54. The second-order valence-electron chi connectivity index (χ2n) is 5.94. The molecule has 0 spiro atoms. The molecule has 0 bridgehead atoms. The SMILES string of the molecule is CC1CCC(n2c(CCl)nc3ccccc32)CC1C. The predicted octanol–water partition coefficient (Wildman–Crippen LogP) is 4.77. The molecule has 3 rings (SSSR count). The van der Waals surface area contributed by atoms with Crippen LogP contribution in [0, 0.1) is 11.8 Å². The van der Waals surface area contributed by atoms with Crippen LogP contribution in [-0.2, 0) is 5.88 Å². The molecule has 0 radical (unpaired) electrons. The van der Waals surface area contributed by atoms with Crippen molar-refractivity contribution in [2.45, 2.75) is 45.0 Å². The van der Waals surface area contributed by atoms with E-state index in [4.69, 9.17) is 11.6 Å². The van der Waals surface area contributed by atoms with E-state index in [1.807, 2.05) is 6.07 Å². The number of aromatic nitrogens is 2. The van der Waals surface area contributed by atoms with Crippen LogP contribution in [0.1, 0.15) is 45.0 Å². The highest BCUT2D eigenvalue weighted by molar-refractivity contribution is 6.16. The summed E-state index contributed by atoms with van der Waals surface area (Å²) >= 11 is 6.10. The van der Waals surface area contributed by atoms with Gasteiger partial charge in [0.25, 0.3) is 0 Å². The summed E-state index contributed by atoms with van der Waals surface area (Å²) < 4.78 is 2.39. The Kier molecular flexibility index (Phi) is 3.53. The lowest BCUT2D eigenvalue weighted by Crippen LogP contribution is -2.24. The summed E-state index contributed by atoms with van der Waals surface area (Å²) in [7, 11) is 0. The number of fused-ring (bicyclic) bond motifs is 1. The second-order valence-corrected chi connectivity index (χ2v) is 6.21. The lowest BCUT2D eigenvalue weighted by atomic mass is 9.79. The minimum Gasteiger partial charge on any atom is -0.324 e. The molecule has 3 atom stereocenters. The van der Waals surface area contributed by atoms with Crippen LogP contribution in [0.5, 0.6) is 0 Å². The van der Waals surface area contributed by atoms with Gasteiger partial charge in [-0.3, -0.25) is 0 Å². The molecule has 2 aromatic rings. The number of nitrogens with zero attached hydrogens (tertiary/aromatic N) is 2. The monoisotopic (exact) mass is 276 g/mol. The summed E-state index contributed by atoms with van der Waals surface area (Å²) in [6.07, 6.45) is 3.79. The van der Waals surface area contributed by atoms with E-state index in [2.05, 4.69) is 41.6 Å². The van der Waals surface area contributed by atoms with Crippen molar-refractivity contribution in [1.29, 1.82) is 0 Å². The highest BCUT2D eigenvalue weighted by Gasteiger charge is 2.27. The van der Waals surface area contributed by atoms with Gasteiger partial charge in [0, 0.05) is 6.04 Å². The van der Waals surface area contributed by atoms with E-state index in [0.29, 0.717) is 11.9 Å². The smallest absolute Gasteiger partial charge is 0.125 e. The molecular formula is C16H21ClN2. The van der Waals surface area contributed by atoms with Gasteiger partial charge < -0.3 is 4.57 Å². The molecule has 3 heteroatoms. The summed E-state index contributed by atoms with van der Waals surface area (Å²) in [5, 5.41) is 0. The van der Waals surface area contributed by atoms with Gasteiger partial charge in [-0.25, -0.2) is 4.98 Å². The first-order valence-corrected chi connectivity index (χ1v) is 7.76. The van der Waals surface area contributed by atoms with Gasteiger partial charge in [-0.05, 0) is 43.2 Å². The van der Waals surface area contributed by atoms with Crippen molar-refractivity contribution in [3.05, 3.63) is 30.1 Å². The maximum atomic E-state index is 6.10. The van der Waals surface area contributed by atoms with E-state index >= 15 is 0 Å². The van der Waals surface area contributed by atoms with E-state index in [1.54, 1.807) is 0 Å². The van der Waals surface area contributed by atoms with Gasteiger partial charge >= 0.3 is 0 Å². The lowest BCUT2D eigenvalue weighted by molar-refractivity contribution is 0.211. The normalized spacial score (nSPS) is 27.8. The number of imidazole rings is 1. The molecule has 1 aromatic carbocycles. The summed E-state index contributed by atoms with van der Waals surface area (Å²) in [5.74, 6) is 3.14. The van der Waals surface area contributed by atoms with E-state index < -0.39 is 0 Å². The molecule has 1 aliphatic rings. The minimum absolute atomic E-state index is 0.495. The zero-order valence-corrected chi connectivity index (χ0v) is 12.4. The summed E-state index contributed by atoms with van der Waals surface area (Å²) in [6, 6.07) is 8.95. The summed E-state index contributed by atoms with van der Waals surface area (Å²) in [5.41, 5.74) is 2.31. The van der Waals surface area contributed by atoms with E-state index in [0.717, 1.165) is 23.2 Å². The molecule has 3 unspecified atom stereocenters. The number of hydrogen-bond acceptors (Lipinski definition) is 1. The molecule has 19 heavy (non-hydrogen) atoms. The van der Waals surface area contributed by atoms with Gasteiger partial charge in [0.2, 0.25) is 0 Å². The molecule has 1 aromatic heterocycles. The highest BCUT2D eigenvalue weighted by Crippen LogP contribution is 2.38. The Labute approximate surface area is 119 Å². The fourth-order valence-electron chi connectivity index (χ4n) is 3.35. The molecule has 1 aliphatic carbocycles. The average molecular weight is 277 g/mol. The fraction of sp³-hybridized carbons (Fsp3) is 0.562. The number of halogens is 1. The first-order valence-electron chi connectivity index (χ1n) is 7.22. The van der Waals surface area contributed by atoms with Gasteiger partial charge in [-0.1, -0.05) is 26.0 Å². The van der Waals surface area contributed by atoms with Crippen molar-refractivity contribution >= 4 is 22.6 Å². The number of alkyl halides is 1. The largest absolute Gasteiger partial charge is 0.324 e. The zero-order valence-electron chi connectivity index (χ0n) is 11.6. The third kappa shape index (κ3) is 2.27. The zero-order chi connectivity index (χ0) is 13.4. The topological polar surface area (TPSA) is 17.8 Å². The number of hydrogen-bond donors (Lipinski definition) is 0. The van der Waals surface area contributed by atoms with E-state index in [1.165, 1.54) is 24.8 Å². The van der Waals surface area contributed by atoms with Crippen molar-refractivity contribution in [3.8, 4) is 0 Å². The van der Waals surface area contributed by atoms with Crippen molar-refractivity contribution in [2.75, 3.05) is 0 Å². The summed E-state index contributed by atoms with van der Waals surface area (Å²) in [6.45, 7) is 4.74. The van der Waals surface area contributed by atoms with Gasteiger partial charge in [0.15, 0.2) is 0 Å². The Morgan fingerprint density at radius 3 is 2.74 bits per heavy atom. The van der Waals surface area contributed by atoms with Crippen LogP contribution in [0.4, 0.5) is 0 Å². The molecular weight excluding hydrogens is 256 g/mol. The second kappa shape index (κ2) is 5.16. The van der Waals surface area contributed by atoms with Crippen LogP contribution in [0.3, 0.4) is 0 Å². The maximum absolute atomic E-state index is 6.10. The Morgan fingerprint density at radius 2 is 2.00 bits per heavy atom. The van der Waals surface area contributed by atoms with Crippen molar-refractivity contribution in [2.24, 2.45) is 11.8 Å². The molecule has 1 saturated carbocycles. The molecule has 1 heterocycles. The van der Waals surface area contributed by atoms with Gasteiger partial charge in [0.1, 0.15) is 5.82 Å². The number of benzene rings is 1. The third-order valence-corrected chi connectivity index (χ3v) is 4.96. The Bertz CT molecular complexity index is 575. The molecule has 0 amide bonds. The molecule has 2 nitrogen and oxygen atoms in total. The predicted molar refractivity (Wildman–Crippen MR) is 80.5 cm³/mol. The maximum Gasteiger partial charge on any atom is 0.125 e. The van der Waals surface area contributed by atoms with E-state index in [-0.39, 0.29) is 0 Å². The van der Waals surface area contributed by atoms with Crippen molar-refractivity contribution in [3.63, 3.8) is 0 Å².